The quantitative estimate of drug-likeness (QED) is 0.0413. The van der Waals surface area contributed by atoms with E-state index in [1.807, 2.05) is 172 Å². The summed E-state index contributed by atoms with van der Waals surface area (Å²) >= 11 is 0. The number of hydrogen-bond donors (Lipinski definition) is 0. The van der Waals surface area contributed by atoms with E-state index in [1.54, 1.807) is 75.5 Å². The number of anilines is 4. The molecule has 0 radical (unpaired) electrons. The van der Waals surface area contributed by atoms with E-state index in [0.717, 1.165) is 85.2 Å². The van der Waals surface area contributed by atoms with Crippen molar-refractivity contribution in [2.24, 2.45) is 11.8 Å². The predicted molar refractivity (Wildman–Crippen MR) is 526 cm³/mol. The topological polar surface area (TPSA) is 256 Å². The van der Waals surface area contributed by atoms with E-state index < -0.39 is 0 Å². The maximum absolute atomic E-state index is 12.9. The number of carbonyl (C=O) groups is 8. The van der Waals surface area contributed by atoms with E-state index in [1.165, 1.54) is 33.4 Å². The van der Waals surface area contributed by atoms with Gasteiger partial charge in [0.2, 0.25) is 23.6 Å². The van der Waals surface area contributed by atoms with Crippen LogP contribution >= 0.6 is 0 Å². The molecule has 5 amide bonds. The fourth-order valence-electron chi connectivity index (χ4n) is 16.9. The minimum absolute atomic E-state index is 0.00652. The molecular weight excluding hydrogens is 1660 g/mol. The van der Waals surface area contributed by atoms with Crippen LogP contribution in [-0.4, -0.2) is 106 Å². The first kappa shape index (κ1) is 94.8. The second kappa shape index (κ2) is 42.7. The number of fused-ring (bicyclic) bond motifs is 4. The van der Waals surface area contributed by atoms with Gasteiger partial charge < -0.3 is 4.90 Å². The number of nitrogens with zero attached hydrogens (tertiary/aromatic N) is 13. The summed E-state index contributed by atoms with van der Waals surface area (Å²) in [5.41, 5.74) is 21.1. The van der Waals surface area contributed by atoms with Crippen LogP contribution in [0.2, 0.25) is 0 Å². The first-order valence-corrected chi connectivity index (χ1v) is 46.1. The molecule has 0 bridgehead atoms. The summed E-state index contributed by atoms with van der Waals surface area (Å²) in [7, 11) is 3.45. The normalized spacial score (nSPS) is 13.0. The van der Waals surface area contributed by atoms with Gasteiger partial charge >= 0.3 is 0 Å². The number of amides is 5. The number of rotatable bonds is 28. The van der Waals surface area contributed by atoms with Gasteiger partial charge in [0.05, 0.1) is 51.9 Å². The SMILES string of the molecule is CC(C)CC(=O)c1ccc(CN2C(=O)Cc3cnc(-c4ccccc4C(C)C)nc32)cc1.CC(C)CCC(=O)c1ccc(CN2C(=O)Cc3cnc(-c4ccccc4C(C)C)nc32)cc1.CC(C)c1ccccc1-c1ncc2c(n1)N(Cc1ccc(C(=O)N(C)C)cc1)C(=O)C2.Cc1ccc(CCC(=O)c2ccc(CN3C(=O)Cc4cnc(-c5ccccc5C(C)C)nc43)cc2)cc1. The van der Waals surface area contributed by atoms with Crippen LogP contribution in [-0.2, 0) is 77.5 Å². The standard InChI is InChI=1S/C32H31N3O2.C28H31N3O2.C27H29N3O2.C25H26N4O2/c1-21(2)27-6-4-5-7-28(27)31-33-19-26-18-30(37)35(32(26)34-31)20-24-12-15-25(16-13-24)29(36)17-14-23-10-8-22(3)9-11-23;1-18(2)9-14-25(32)21-12-10-20(11-13-21)17-31-26(33)15-22-16-29-27(30-28(22)31)24-8-6-5-7-23(24)19(3)4;1-17(2)13-24(31)20-11-9-19(10-12-20)16-30-25(32)14-21-15-28-26(29-27(21)30)23-8-6-5-7-22(23)18(3)4;1-16(2)20-7-5-6-8-21(20)23-26-14-19-13-22(30)29(24(19)27-23)15-17-9-11-18(12-10-17)25(31)28(3)4/h4-13,15-16,19,21H,14,17-18,20H2,1-3H3;5-8,10-13,16,18-19H,9,14-15,17H2,1-4H3;5-12,15,17-18H,13-14,16H2,1-4H3;5-12,14,16H,13,15H2,1-4H3. The molecule has 0 saturated carbocycles. The van der Waals surface area contributed by atoms with Crippen molar-refractivity contribution in [1.82, 2.24) is 44.8 Å². The molecule has 4 aliphatic heterocycles. The van der Waals surface area contributed by atoms with Gasteiger partial charge in [0.1, 0.15) is 23.3 Å². The van der Waals surface area contributed by atoms with Gasteiger partial charge in [-0.15, -0.1) is 0 Å². The van der Waals surface area contributed by atoms with E-state index in [4.69, 9.17) is 19.9 Å². The van der Waals surface area contributed by atoms with E-state index >= 15 is 0 Å². The van der Waals surface area contributed by atoms with Crippen molar-refractivity contribution in [2.75, 3.05) is 33.7 Å². The Bertz CT molecular complexity index is 6440. The van der Waals surface area contributed by atoms with Gasteiger partial charge in [-0.3, -0.25) is 58.0 Å². The van der Waals surface area contributed by atoms with Crippen molar-refractivity contribution < 1.29 is 38.4 Å². The predicted octanol–water partition coefficient (Wildman–Crippen LogP) is 22.1. The number of aromatic nitrogens is 8. The van der Waals surface area contributed by atoms with Crippen molar-refractivity contribution in [2.45, 2.75) is 198 Å². The lowest BCUT2D eigenvalue weighted by molar-refractivity contribution is -0.118. The highest BCUT2D eigenvalue weighted by molar-refractivity contribution is 6.04. The summed E-state index contributed by atoms with van der Waals surface area (Å²) in [5.74, 6) is 7.91. The van der Waals surface area contributed by atoms with Gasteiger partial charge in [-0.05, 0) is 117 Å². The van der Waals surface area contributed by atoms with Crippen molar-refractivity contribution in [3.63, 3.8) is 0 Å². The summed E-state index contributed by atoms with van der Waals surface area (Å²) in [6.45, 7) is 29.2. The zero-order valence-corrected chi connectivity index (χ0v) is 78.8. The fourth-order valence-corrected chi connectivity index (χ4v) is 16.9. The molecule has 4 aliphatic rings. The molecule has 21 heteroatoms. The highest BCUT2D eigenvalue weighted by Gasteiger charge is 2.36. The lowest BCUT2D eigenvalue weighted by Gasteiger charge is -2.18. The van der Waals surface area contributed by atoms with E-state index in [-0.39, 0.29) is 46.9 Å². The second-order valence-electron chi connectivity index (χ2n) is 37.0. The molecule has 0 atom stereocenters. The van der Waals surface area contributed by atoms with Gasteiger partial charge in [-0.1, -0.05) is 295 Å². The molecule has 0 N–H and O–H groups in total. The minimum Gasteiger partial charge on any atom is -0.345 e. The van der Waals surface area contributed by atoms with Crippen LogP contribution in [0.3, 0.4) is 0 Å². The zero-order chi connectivity index (χ0) is 94.4. The zero-order valence-electron chi connectivity index (χ0n) is 78.8. The van der Waals surface area contributed by atoms with Crippen LogP contribution in [0.15, 0.2) is 243 Å². The Kier molecular flexibility index (Phi) is 30.4. The highest BCUT2D eigenvalue weighted by Crippen LogP contribution is 2.39. The smallest absolute Gasteiger partial charge is 0.253 e. The van der Waals surface area contributed by atoms with Crippen LogP contribution in [0.5, 0.6) is 0 Å². The van der Waals surface area contributed by atoms with E-state index in [9.17, 15) is 38.4 Å². The molecule has 21 nitrogen and oxygen atoms in total. The van der Waals surface area contributed by atoms with Gasteiger partial charge in [0, 0.05) is 125 Å². The van der Waals surface area contributed by atoms with Crippen LogP contribution < -0.4 is 19.6 Å². The lowest BCUT2D eigenvalue weighted by Crippen LogP contribution is -2.27. The maximum atomic E-state index is 12.9. The number of aryl methyl sites for hydroxylation is 2. The summed E-state index contributed by atoms with van der Waals surface area (Å²) < 4.78 is 0. The Labute approximate surface area is 780 Å². The molecule has 0 aliphatic carbocycles. The second-order valence-corrected chi connectivity index (χ2v) is 37.0. The molecular formula is C112H117N13O8. The molecule has 13 aromatic rings. The van der Waals surface area contributed by atoms with Crippen LogP contribution in [0.1, 0.15) is 252 Å². The average molecular weight is 1770 g/mol. The lowest BCUT2D eigenvalue weighted by atomic mass is 9.97. The first-order valence-electron chi connectivity index (χ1n) is 46.1. The van der Waals surface area contributed by atoms with Crippen LogP contribution in [0.25, 0.3) is 45.6 Å². The average Bonchev–Trinajstić information content (AvgIpc) is 1.79. The number of Topliss-reactive ketones (excluding diaryl/α,β-unsaturated/α-hetero) is 3. The molecule has 17 rings (SSSR count). The van der Waals surface area contributed by atoms with Crippen molar-refractivity contribution in [1.29, 1.82) is 0 Å². The Balaban J connectivity index is 0.000000143. The monoisotopic (exact) mass is 1770 g/mol. The first-order chi connectivity index (χ1) is 63.9. The van der Waals surface area contributed by atoms with Gasteiger partial charge in [0.15, 0.2) is 40.6 Å². The van der Waals surface area contributed by atoms with E-state index in [0.29, 0.717) is 170 Å². The molecule has 0 saturated heterocycles. The van der Waals surface area contributed by atoms with Crippen LogP contribution in [0, 0.1) is 18.8 Å². The Morgan fingerprint density at radius 1 is 0.316 bits per heavy atom. The van der Waals surface area contributed by atoms with Crippen LogP contribution in [0.4, 0.5) is 23.3 Å². The molecule has 133 heavy (non-hydrogen) atoms. The summed E-state index contributed by atoms with van der Waals surface area (Å²) in [6, 6.07) is 71.0. The molecule has 0 fully saturated rings. The largest absolute Gasteiger partial charge is 0.345 e. The number of benzene rings is 9. The fraction of sp³-hybridized carbons (Fsp3) is 0.304. The third-order valence-electron chi connectivity index (χ3n) is 24.4. The van der Waals surface area contributed by atoms with E-state index in [2.05, 4.69) is 145 Å². The van der Waals surface area contributed by atoms with Crippen molar-refractivity contribution in [3.8, 4) is 45.6 Å². The van der Waals surface area contributed by atoms with Gasteiger partial charge in [-0.25, -0.2) is 39.9 Å². The molecule has 9 aromatic carbocycles. The highest BCUT2D eigenvalue weighted by atomic mass is 16.2. The Hall–Kier alpha value is -14.3. The summed E-state index contributed by atoms with van der Waals surface area (Å²) in [5, 5.41) is 0. The van der Waals surface area contributed by atoms with Crippen molar-refractivity contribution in [3.05, 3.63) is 343 Å². The molecule has 4 aromatic heterocycles. The number of hydrogen-bond acceptors (Lipinski definition) is 16. The molecule has 678 valence electrons. The molecule has 0 unspecified atom stereocenters. The number of ketones is 3. The van der Waals surface area contributed by atoms with Gasteiger partial charge in [0.25, 0.3) is 5.91 Å². The van der Waals surface area contributed by atoms with Gasteiger partial charge in [-0.2, -0.15) is 0 Å². The third-order valence-corrected chi connectivity index (χ3v) is 24.4. The minimum atomic E-state index is -0.0460. The molecule has 0 spiro atoms. The number of carbonyl (C=O) groups excluding carboxylic acids is 8. The Morgan fingerprint density at radius 2 is 0.579 bits per heavy atom. The Morgan fingerprint density at radius 3 is 0.850 bits per heavy atom. The summed E-state index contributed by atoms with van der Waals surface area (Å²) in [4.78, 5) is 147. The summed E-state index contributed by atoms with van der Waals surface area (Å²) in [6.07, 6.45) is 11.5. The maximum Gasteiger partial charge on any atom is 0.253 e. The molecule has 8 heterocycles. The van der Waals surface area contributed by atoms with Crippen molar-refractivity contribution >= 4 is 70.2 Å². The third kappa shape index (κ3) is 23.0.